The van der Waals surface area contributed by atoms with Crippen LogP contribution in [0.15, 0.2) is 48.5 Å². The fourth-order valence-electron chi connectivity index (χ4n) is 4.06. The topological polar surface area (TPSA) is 89.7 Å². The second-order valence-electron chi connectivity index (χ2n) is 7.73. The summed E-state index contributed by atoms with van der Waals surface area (Å²) in [4.78, 5) is 27.5. The van der Waals surface area contributed by atoms with Crippen molar-refractivity contribution in [2.75, 3.05) is 11.9 Å². The lowest BCUT2D eigenvalue weighted by atomic mass is 9.94. The normalized spacial score (nSPS) is 16.5. The molecule has 0 saturated heterocycles. The van der Waals surface area contributed by atoms with Crippen LogP contribution in [-0.4, -0.2) is 29.3 Å². The van der Waals surface area contributed by atoms with E-state index in [9.17, 15) is 9.59 Å². The second-order valence-corrected chi connectivity index (χ2v) is 7.73. The van der Waals surface area contributed by atoms with E-state index in [-0.39, 0.29) is 6.61 Å². The van der Waals surface area contributed by atoms with Crippen LogP contribution in [0, 0.1) is 0 Å². The number of hydrogen-bond donors (Lipinski definition) is 2. The molecule has 2 aromatic carbocycles. The minimum absolute atomic E-state index is 0.310. The first-order valence-electron chi connectivity index (χ1n) is 10.2. The van der Waals surface area contributed by atoms with Gasteiger partial charge in [-0.3, -0.25) is 4.79 Å². The minimum Gasteiger partial charge on any atom is -0.451 e. The standard InChI is InChI=1S/C23H22N2O5/c26-21(14-28-22(27)18-12-15-6-2-3-7-17(15)25-18)24-16-8-9-19-20(13-16)30-23(29-19)10-4-1-5-11-23/h2-3,6-9,12-13,25H,1,4-5,10-11,14H2,(H,24,26). The van der Waals surface area contributed by atoms with Gasteiger partial charge >= 0.3 is 5.97 Å². The van der Waals surface area contributed by atoms with E-state index in [1.807, 2.05) is 24.3 Å². The summed E-state index contributed by atoms with van der Waals surface area (Å²) in [6, 6.07) is 14.5. The van der Waals surface area contributed by atoms with Crippen molar-refractivity contribution in [1.29, 1.82) is 0 Å². The number of para-hydroxylation sites is 1. The summed E-state index contributed by atoms with van der Waals surface area (Å²) in [7, 11) is 0. The molecule has 1 fully saturated rings. The molecule has 1 aliphatic carbocycles. The number of rotatable bonds is 4. The van der Waals surface area contributed by atoms with Crippen molar-refractivity contribution in [2.45, 2.75) is 37.9 Å². The summed E-state index contributed by atoms with van der Waals surface area (Å²) in [5.41, 5.74) is 1.71. The maximum absolute atomic E-state index is 12.2. The summed E-state index contributed by atoms with van der Waals surface area (Å²) < 4.78 is 17.3. The fourth-order valence-corrected chi connectivity index (χ4v) is 4.06. The molecule has 1 aliphatic heterocycles. The van der Waals surface area contributed by atoms with Crippen molar-refractivity contribution in [1.82, 2.24) is 4.98 Å². The Kier molecular flexibility index (Phi) is 4.58. The van der Waals surface area contributed by atoms with E-state index in [1.54, 1.807) is 24.3 Å². The van der Waals surface area contributed by atoms with Crippen LogP contribution >= 0.6 is 0 Å². The molecule has 1 aromatic heterocycles. The van der Waals surface area contributed by atoms with Crippen molar-refractivity contribution in [3.8, 4) is 11.5 Å². The molecule has 3 aromatic rings. The Morgan fingerprint density at radius 1 is 1.00 bits per heavy atom. The van der Waals surface area contributed by atoms with E-state index in [0.717, 1.165) is 36.6 Å². The van der Waals surface area contributed by atoms with Gasteiger partial charge in [-0.1, -0.05) is 24.6 Å². The van der Waals surface area contributed by atoms with Crippen LogP contribution in [0.3, 0.4) is 0 Å². The average Bonchev–Trinajstić information content (AvgIpc) is 3.33. The number of aromatic amines is 1. The van der Waals surface area contributed by atoms with Crippen molar-refractivity contribution < 1.29 is 23.8 Å². The number of benzene rings is 2. The summed E-state index contributed by atoms with van der Waals surface area (Å²) in [6.45, 7) is -0.382. The number of hydrogen-bond acceptors (Lipinski definition) is 5. The van der Waals surface area contributed by atoms with Crippen molar-refractivity contribution in [3.05, 3.63) is 54.2 Å². The third-order valence-electron chi connectivity index (χ3n) is 5.52. The van der Waals surface area contributed by atoms with E-state index in [2.05, 4.69) is 10.3 Å². The molecule has 0 atom stereocenters. The Morgan fingerprint density at radius 2 is 1.80 bits per heavy atom. The van der Waals surface area contributed by atoms with Crippen molar-refractivity contribution >= 4 is 28.5 Å². The van der Waals surface area contributed by atoms with E-state index in [4.69, 9.17) is 14.2 Å². The summed E-state index contributed by atoms with van der Waals surface area (Å²) >= 11 is 0. The SMILES string of the molecule is O=C(COC(=O)c1cc2ccccc2[nH]1)Nc1ccc2c(c1)OC1(CCCCC1)O2. The third kappa shape index (κ3) is 3.58. The lowest BCUT2D eigenvalue weighted by Gasteiger charge is -2.31. The lowest BCUT2D eigenvalue weighted by molar-refractivity contribution is -0.119. The van der Waals surface area contributed by atoms with Gasteiger partial charge in [0.25, 0.3) is 11.7 Å². The first-order chi connectivity index (χ1) is 14.6. The van der Waals surface area contributed by atoms with Gasteiger partial charge in [0.15, 0.2) is 18.1 Å². The smallest absolute Gasteiger partial charge is 0.355 e. The fraction of sp³-hybridized carbons (Fsp3) is 0.304. The number of anilines is 1. The predicted molar refractivity (Wildman–Crippen MR) is 111 cm³/mol. The summed E-state index contributed by atoms with van der Waals surface area (Å²) in [6.07, 6.45) is 5.10. The van der Waals surface area contributed by atoms with Gasteiger partial charge in [0.05, 0.1) is 0 Å². The molecule has 2 N–H and O–H groups in total. The lowest BCUT2D eigenvalue weighted by Crippen LogP contribution is -2.40. The number of H-pyrrole nitrogens is 1. The molecule has 1 amide bonds. The van der Waals surface area contributed by atoms with Crippen LogP contribution in [0.2, 0.25) is 0 Å². The van der Waals surface area contributed by atoms with Gasteiger partial charge in [-0.15, -0.1) is 0 Å². The molecule has 2 aliphatic rings. The van der Waals surface area contributed by atoms with E-state index in [1.165, 1.54) is 6.42 Å². The Bertz CT molecular complexity index is 1080. The minimum atomic E-state index is -0.578. The molecule has 5 rings (SSSR count). The number of aromatic nitrogens is 1. The predicted octanol–water partition coefficient (Wildman–Crippen LogP) is 4.40. The Balaban J connectivity index is 1.18. The monoisotopic (exact) mass is 406 g/mol. The number of amides is 1. The zero-order chi connectivity index (χ0) is 20.6. The molecular formula is C23H22N2O5. The van der Waals surface area contributed by atoms with Crippen LogP contribution in [0.4, 0.5) is 5.69 Å². The molecule has 7 nitrogen and oxygen atoms in total. The molecule has 0 unspecified atom stereocenters. The van der Waals surface area contributed by atoms with E-state index in [0.29, 0.717) is 22.9 Å². The van der Waals surface area contributed by atoms with Crippen LogP contribution in [0.1, 0.15) is 42.6 Å². The highest BCUT2D eigenvalue weighted by molar-refractivity contribution is 5.97. The number of carbonyl (C=O) groups is 2. The van der Waals surface area contributed by atoms with Crippen molar-refractivity contribution in [3.63, 3.8) is 0 Å². The summed E-state index contributed by atoms with van der Waals surface area (Å²) in [5.74, 6) is -0.236. The molecular weight excluding hydrogens is 384 g/mol. The number of esters is 1. The quantitative estimate of drug-likeness (QED) is 0.627. The number of nitrogens with one attached hydrogen (secondary N) is 2. The van der Waals surface area contributed by atoms with Gasteiger partial charge in [-0.05, 0) is 37.1 Å². The van der Waals surface area contributed by atoms with Crippen LogP contribution in [-0.2, 0) is 9.53 Å². The van der Waals surface area contributed by atoms with Crippen LogP contribution in [0.5, 0.6) is 11.5 Å². The van der Waals surface area contributed by atoms with Crippen LogP contribution in [0.25, 0.3) is 10.9 Å². The summed E-state index contributed by atoms with van der Waals surface area (Å²) in [5, 5.41) is 3.64. The van der Waals surface area contributed by atoms with E-state index >= 15 is 0 Å². The van der Waals surface area contributed by atoms with Gasteiger partial charge in [0.2, 0.25) is 0 Å². The van der Waals surface area contributed by atoms with Gasteiger partial charge in [0, 0.05) is 35.5 Å². The Hall–Kier alpha value is -3.48. The zero-order valence-corrected chi connectivity index (χ0v) is 16.4. The first kappa shape index (κ1) is 18.5. The molecule has 0 bridgehead atoms. The van der Waals surface area contributed by atoms with Gasteiger partial charge in [-0.25, -0.2) is 4.79 Å². The molecule has 7 heteroatoms. The molecule has 1 spiro atoms. The van der Waals surface area contributed by atoms with Crippen molar-refractivity contribution in [2.24, 2.45) is 0 Å². The molecule has 30 heavy (non-hydrogen) atoms. The largest absolute Gasteiger partial charge is 0.451 e. The highest BCUT2D eigenvalue weighted by atomic mass is 16.7. The zero-order valence-electron chi connectivity index (χ0n) is 16.4. The number of ether oxygens (including phenoxy) is 3. The van der Waals surface area contributed by atoms with Gasteiger partial charge in [-0.2, -0.15) is 0 Å². The number of fused-ring (bicyclic) bond motifs is 2. The molecule has 2 heterocycles. The van der Waals surface area contributed by atoms with Gasteiger partial charge < -0.3 is 24.5 Å². The highest BCUT2D eigenvalue weighted by Crippen LogP contribution is 2.46. The molecule has 0 radical (unpaired) electrons. The second kappa shape index (κ2) is 7.40. The Labute approximate surface area is 173 Å². The van der Waals surface area contributed by atoms with Gasteiger partial charge in [0.1, 0.15) is 5.69 Å². The van der Waals surface area contributed by atoms with Crippen LogP contribution < -0.4 is 14.8 Å². The maximum atomic E-state index is 12.2. The molecule has 154 valence electrons. The third-order valence-corrected chi connectivity index (χ3v) is 5.52. The average molecular weight is 406 g/mol. The van der Waals surface area contributed by atoms with E-state index < -0.39 is 17.7 Å². The Morgan fingerprint density at radius 3 is 2.63 bits per heavy atom. The first-order valence-corrected chi connectivity index (χ1v) is 10.2. The maximum Gasteiger partial charge on any atom is 0.355 e. The highest BCUT2D eigenvalue weighted by Gasteiger charge is 2.42. The molecule has 1 saturated carbocycles. The number of carbonyl (C=O) groups excluding carboxylic acids is 2.